The maximum Gasteiger partial charge on any atom is 0.0751 e. The molecule has 0 aliphatic rings. The summed E-state index contributed by atoms with van der Waals surface area (Å²) < 4.78 is 0. The molecule has 0 bridgehead atoms. The smallest absolute Gasteiger partial charge is 0.0751 e. The molecule has 1 radical (unpaired) electrons. The number of hydrogen-bond acceptors (Lipinski definition) is 3. The van der Waals surface area contributed by atoms with Crippen molar-refractivity contribution in [2.45, 2.75) is 61.9 Å². The second kappa shape index (κ2) is 16.2. The Balaban J connectivity index is -0.000000205. The van der Waals surface area contributed by atoms with Crippen LogP contribution in [0.25, 0.3) is 11.3 Å². The fraction of sp³-hybridized carbons (Fsp3) is 0.474. The maximum absolute atomic E-state index is 5.11. The van der Waals surface area contributed by atoms with Crippen LogP contribution in [0.4, 0.5) is 0 Å². The fourth-order valence-electron chi connectivity index (χ4n) is 1.63. The number of hydrogen-bond donors (Lipinski definition) is 1. The molecule has 0 aromatic carbocycles. The quantitative estimate of drug-likeness (QED) is 0.729. The summed E-state index contributed by atoms with van der Waals surface area (Å²) in [5.41, 5.74) is 8.51. The molecule has 0 unspecified atom stereocenters. The van der Waals surface area contributed by atoms with Gasteiger partial charge in [-0.05, 0) is 35.7 Å². The molecule has 0 fully saturated rings. The molecule has 4 heteroatoms. The normalized spacial score (nSPS) is 8.48. The van der Waals surface area contributed by atoms with Gasteiger partial charge in [-0.15, -0.1) is 0 Å². The third-order valence-corrected chi connectivity index (χ3v) is 2.40. The first kappa shape index (κ1) is 30.3. The third kappa shape index (κ3) is 11.5. The molecule has 0 aliphatic heterocycles. The Kier molecular flexibility index (Phi) is 21.4. The second-order valence-corrected chi connectivity index (χ2v) is 5.08. The molecule has 0 atom stereocenters. The molecule has 2 aromatic heterocycles. The van der Waals surface area contributed by atoms with Crippen molar-refractivity contribution in [3.63, 3.8) is 0 Å². The molecular weight excluding hydrogens is 359 g/mol. The molecule has 2 rings (SSSR count). The van der Waals surface area contributed by atoms with Gasteiger partial charge in [0, 0.05) is 56.9 Å². The van der Waals surface area contributed by atoms with Gasteiger partial charge in [-0.3, -0.25) is 9.97 Å². The van der Waals surface area contributed by atoms with Gasteiger partial charge in [-0.25, -0.2) is 0 Å². The average Bonchev–Trinajstić information content (AvgIpc) is 2.39. The number of pyridine rings is 2. The Hall–Kier alpha value is -0.636. The van der Waals surface area contributed by atoms with Crippen LogP contribution in [0, 0.1) is 0 Å². The Morgan fingerprint density at radius 2 is 1.43 bits per heavy atom. The van der Waals surface area contributed by atoms with E-state index in [1.165, 1.54) is 5.56 Å². The van der Waals surface area contributed by atoms with Crippen LogP contribution in [0.2, 0.25) is 0 Å². The van der Waals surface area contributed by atoms with E-state index in [0.29, 0.717) is 12.0 Å². The first-order chi connectivity index (χ1) is 9.02. The van der Waals surface area contributed by atoms with Crippen LogP contribution in [0.1, 0.15) is 61.5 Å². The van der Waals surface area contributed by atoms with Crippen LogP contribution in [0.15, 0.2) is 42.9 Å². The largest absolute Gasteiger partial charge is 0.328 e. The van der Waals surface area contributed by atoms with Crippen molar-refractivity contribution >= 4 is 0 Å². The van der Waals surface area contributed by atoms with Crippen molar-refractivity contribution in [3.8, 4) is 11.3 Å². The molecule has 2 aromatic rings. The first-order valence-electron chi connectivity index (χ1n) is 6.63. The van der Waals surface area contributed by atoms with E-state index in [1.807, 2.05) is 44.4 Å². The van der Waals surface area contributed by atoms with Crippen LogP contribution in [-0.2, 0) is 32.7 Å². The SMILES string of the molecule is C.C.C.CC(C)N.CC(C)c1cccnc1-c1cccnc1.[Y]. The monoisotopic (exact) mass is 394 g/mol. The van der Waals surface area contributed by atoms with Gasteiger partial charge in [-0.1, -0.05) is 56.0 Å². The van der Waals surface area contributed by atoms with E-state index in [0.717, 1.165) is 11.3 Å². The summed E-state index contributed by atoms with van der Waals surface area (Å²) in [4.78, 5) is 8.55. The van der Waals surface area contributed by atoms with E-state index in [4.69, 9.17) is 5.73 Å². The fourth-order valence-corrected chi connectivity index (χ4v) is 1.63. The average molecular weight is 394 g/mol. The maximum atomic E-state index is 5.11. The number of aromatic nitrogens is 2. The van der Waals surface area contributed by atoms with Gasteiger partial charge in [0.25, 0.3) is 0 Å². The minimum Gasteiger partial charge on any atom is -0.328 e. The minimum absolute atomic E-state index is 0. The van der Waals surface area contributed by atoms with Crippen molar-refractivity contribution in [3.05, 3.63) is 48.4 Å². The number of nitrogens with two attached hydrogens (primary N) is 1. The summed E-state index contributed by atoms with van der Waals surface area (Å²) in [7, 11) is 0. The van der Waals surface area contributed by atoms with Crippen molar-refractivity contribution < 1.29 is 32.7 Å². The van der Waals surface area contributed by atoms with E-state index in [2.05, 4.69) is 29.9 Å². The number of nitrogens with zero attached hydrogens (tertiary/aromatic N) is 2. The van der Waals surface area contributed by atoms with Crippen LogP contribution in [0.3, 0.4) is 0 Å². The summed E-state index contributed by atoms with van der Waals surface area (Å²) in [6, 6.07) is 8.42. The molecule has 2 heterocycles. The molecule has 0 amide bonds. The van der Waals surface area contributed by atoms with Gasteiger partial charge in [0.15, 0.2) is 0 Å². The van der Waals surface area contributed by atoms with Crippen molar-refractivity contribution in [1.82, 2.24) is 9.97 Å². The molecule has 129 valence electrons. The number of rotatable bonds is 2. The third-order valence-electron chi connectivity index (χ3n) is 2.40. The first-order valence-corrected chi connectivity index (χ1v) is 6.63. The van der Waals surface area contributed by atoms with E-state index in [1.54, 1.807) is 6.20 Å². The summed E-state index contributed by atoms with van der Waals surface area (Å²) in [5, 5.41) is 0. The van der Waals surface area contributed by atoms with Gasteiger partial charge in [-0.2, -0.15) is 0 Å². The molecule has 23 heavy (non-hydrogen) atoms. The minimum atomic E-state index is 0. The van der Waals surface area contributed by atoms with Crippen LogP contribution in [-0.4, -0.2) is 16.0 Å². The summed E-state index contributed by atoms with van der Waals surface area (Å²) in [6.45, 7) is 8.24. The van der Waals surface area contributed by atoms with Crippen molar-refractivity contribution in [2.24, 2.45) is 5.73 Å². The van der Waals surface area contributed by atoms with Crippen LogP contribution < -0.4 is 5.73 Å². The molecule has 3 nitrogen and oxygen atoms in total. The Bertz CT molecular complexity index is 482. The summed E-state index contributed by atoms with van der Waals surface area (Å²) >= 11 is 0. The van der Waals surface area contributed by atoms with Gasteiger partial charge >= 0.3 is 0 Å². The summed E-state index contributed by atoms with van der Waals surface area (Å²) in [5.74, 6) is 0.480. The standard InChI is InChI=1S/C13H14N2.C3H9N.3CH4.Y/c1-10(2)12-6-4-8-15-13(12)11-5-3-7-14-9-11;1-3(2)4;;;;/h3-10H,1-2H3;3H,4H2,1-2H3;3*1H4;. The summed E-state index contributed by atoms with van der Waals surface area (Å²) in [6.07, 6.45) is 5.46. The zero-order valence-electron chi connectivity index (χ0n) is 12.7. The molecule has 2 N–H and O–H groups in total. The second-order valence-electron chi connectivity index (χ2n) is 5.08. The van der Waals surface area contributed by atoms with Crippen LogP contribution >= 0.6 is 0 Å². The van der Waals surface area contributed by atoms with Gasteiger partial charge in [0.1, 0.15) is 0 Å². The Morgan fingerprint density at radius 1 is 0.913 bits per heavy atom. The molecule has 0 saturated carbocycles. The van der Waals surface area contributed by atoms with Gasteiger partial charge < -0.3 is 5.73 Å². The Labute approximate surface area is 169 Å². The topological polar surface area (TPSA) is 51.8 Å². The molecule has 0 spiro atoms. The van der Waals surface area contributed by atoms with E-state index in [9.17, 15) is 0 Å². The van der Waals surface area contributed by atoms with E-state index < -0.39 is 0 Å². The molecule has 0 aliphatic carbocycles. The van der Waals surface area contributed by atoms with Crippen LogP contribution in [0.5, 0.6) is 0 Å². The van der Waals surface area contributed by atoms with Crippen molar-refractivity contribution in [1.29, 1.82) is 0 Å². The van der Waals surface area contributed by atoms with E-state index in [-0.39, 0.29) is 55.0 Å². The van der Waals surface area contributed by atoms with Gasteiger partial charge in [0.2, 0.25) is 0 Å². The Morgan fingerprint density at radius 3 is 1.87 bits per heavy atom. The zero-order chi connectivity index (χ0) is 14.3. The molecular formula is C19H35N3Y. The van der Waals surface area contributed by atoms with Crippen molar-refractivity contribution in [2.75, 3.05) is 0 Å². The van der Waals surface area contributed by atoms with Gasteiger partial charge in [0.05, 0.1) is 5.69 Å². The van der Waals surface area contributed by atoms with E-state index >= 15 is 0 Å². The predicted octanol–water partition coefficient (Wildman–Crippen LogP) is 5.53. The zero-order valence-corrected chi connectivity index (χ0v) is 15.6. The molecule has 0 saturated heterocycles. The predicted molar refractivity (Wildman–Crippen MR) is 101 cm³/mol.